The molecule has 0 radical (unpaired) electrons. The van der Waals surface area contributed by atoms with Gasteiger partial charge < -0.3 is 10.5 Å². The molecule has 0 saturated carbocycles. The molecule has 100 valence electrons. The van der Waals surface area contributed by atoms with Crippen molar-refractivity contribution in [3.05, 3.63) is 35.1 Å². The molecule has 1 aromatic rings. The van der Waals surface area contributed by atoms with E-state index in [0.717, 1.165) is 12.1 Å². The van der Waals surface area contributed by atoms with Crippen LogP contribution in [0, 0.1) is 17.5 Å². The highest BCUT2D eigenvalue weighted by molar-refractivity contribution is 5.19. The van der Waals surface area contributed by atoms with E-state index in [-0.39, 0.29) is 6.10 Å². The first-order chi connectivity index (χ1) is 8.60. The summed E-state index contributed by atoms with van der Waals surface area (Å²) in [6.45, 7) is 2.57. The zero-order valence-electron chi connectivity index (χ0n) is 9.83. The van der Waals surface area contributed by atoms with Crippen LogP contribution >= 0.6 is 0 Å². The lowest BCUT2D eigenvalue weighted by molar-refractivity contribution is -0.0261. The minimum atomic E-state index is -1.43. The molecular formula is C12H15F3N2O. The number of ether oxygens (including phenoxy) is 1. The van der Waals surface area contributed by atoms with Crippen molar-refractivity contribution in [1.29, 1.82) is 0 Å². The van der Waals surface area contributed by atoms with Gasteiger partial charge in [0.2, 0.25) is 0 Å². The maximum absolute atomic E-state index is 13.1. The quantitative estimate of drug-likeness (QED) is 0.832. The summed E-state index contributed by atoms with van der Waals surface area (Å²) in [5, 5.41) is 0. The molecule has 0 amide bonds. The van der Waals surface area contributed by atoms with Gasteiger partial charge in [-0.3, -0.25) is 4.90 Å². The molecule has 1 aliphatic rings. The lowest BCUT2D eigenvalue weighted by Gasteiger charge is -2.32. The predicted molar refractivity (Wildman–Crippen MR) is 60.4 cm³/mol. The van der Waals surface area contributed by atoms with Crippen molar-refractivity contribution >= 4 is 0 Å². The summed E-state index contributed by atoms with van der Waals surface area (Å²) in [5.41, 5.74) is 5.91. The number of hydrogen-bond donors (Lipinski definition) is 1. The first kappa shape index (κ1) is 13.3. The predicted octanol–water partition coefficient (Wildman–Crippen LogP) is 1.26. The fourth-order valence-electron chi connectivity index (χ4n) is 2.02. The summed E-state index contributed by atoms with van der Waals surface area (Å²) >= 11 is 0. The summed E-state index contributed by atoms with van der Waals surface area (Å²) < 4.78 is 44.3. The molecule has 6 heteroatoms. The van der Waals surface area contributed by atoms with E-state index in [1.807, 2.05) is 4.90 Å². The number of benzene rings is 1. The number of nitrogens with zero attached hydrogens (tertiary/aromatic N) is 1. The minimum Gasteiger partial charge on any atom is -0.374 e. The topological polar surface area (TPSA) is 38.5 Å². The monoisotopic (exact) mass is 260 g/mol. The average Bonchev–Trinajstić information content (AvgIpc) is 2.36. The summed E-state index contributed by atoms with van der Waals surface area (Å²) in [7, 11) is 0. The van der Waals surface area contributed by atoms with Gasteiger partial charge in [-0.25, -0.2) is 13.2 Å². The summed E-state index contributed by atoms with van der Waals surface area (Å²) in [6.07, 6.45) is -0.0612. The number of morpholine rings is 1. The van der Waals surface area contributed by atoms with Gasteiger partial charge in [-0.1, -0.05) is 0 Å². The van der Waals surface area contributed by atoms with E-state index in [1.54, 1.807) is 0 Å². The van der Waals surface area contributed by atoms with Crippen LogP contribution in [0.3, 0.4) is 0 Å². The van der Waals surface area contributed by atoms with Gasteiger partial charge in [-0.2, -0.15) is 0 Å². The molecule has 0 aliphatic carbocycles. The van der Waals surface area contributed by atoms with Gasteiger partial charge >= 0.3 is 0 Å². The second-order valence-corrected chi connectivity index (χ2v) is 4.34. The molecule has 1 aromatic carbocycles. The Morgan fingerprint density at radius 1 is 1.28 bits per heavy atom. The third-order valence-electron chi connectivity index (χ3n) is 2.94. The summed E-state index contributed by atoms with van der Waals surface area (Å²) in [6, 6.07) is 2.04. The zero-order valence-corrected chi connectivity index (χ0v) is 9.83. The Morgan fingerprint density at radius 3 is 2.56 bits per heavy atom. The minimum absolute atomic E-state index is 0.0612. The van der Waals surface area contributed by atoms with E-state index in [1.165, 1.54) is 0 Å². The van der Waals surface area contributed by atoms with Gasteiger partial charge in [-0.05, 0) is 17.7 Å². The lowest BCUT2D eigenvalue weighted by atomic mass is 10.1. The molecule has 1 aliphatic heterocycles. The molecule has 1 atom stereocenters. The van der Waals surface area contributed by atoms with E-state index < -0.39 is 17.5 Å². The Morgan fingerprint density at radius 2 is 1.94 bits per heavy atom. The van der Waals surface area contributed by atoms with Crippen molar-refractivity contribution < 1.29 is 17.9 Å². The van der Waals surface area contributed by atoms with Crippen LogP contribution in [0.5, 0.6) is 0 Å². The number of halogens is 3. The molecule has 0 bridgehead atoms. The second-order valence-electron chi connectivity index (χ2n) is 4.34. The van der Waals surface area contributed by atoms with Crippen LogP contribution in [0.4, 0.5) is 13.2 Å². The van der Waals surface area contributed by atoms with Crippen LogP contribution in [-0.4, -0.2) is 37.2 Å². The Labute approximate surface area is 103 Å². The molecule has 3 nitrogen and oxygen atoms in total. The molecule has 18 heavy (non-hydrogen) atoms. The third-order valence-corrected chi connectivity index (χ3v) is 2.94. The molecule has 1 heterocycles. The van der Waals surface area contributed by atoms with Crippen molar-refractivity contribution in [2.75, 3.05) is 26.2 Å². The first-order valence-corrected chi connectivity index (χ1v) is 5.77. The van der Waals surface area contributed by atoms with Crippen LogP contribution in [0.1, 0.15) is 5.56 Å². The van der Waals surface area contributed by atoms with Gasteiger partial charge in [0, 0.05) is 26.2 Å². The Kier molecular flexibility index (Phi) is 4.21. The normalized spacial score (nSPS) is 21.2. The smallest absolute Gasteiger partial charge is 0.194 e. The molecule has 1 saturated heterocycles. The highest BCUT2D eigenvalue weighted by atomic mass is 19.2. The Balaban J connectivity index is 2.05. The largest absolute Gasteiger partial charge is 0.374 e. The van der Waals surface area contributed by atoms with Crippen molar-refractivity contribution in [2.24, 2.45) is 5.73 Å². The van der Waals surface area contributed by atoms with E-state index in [0.29, 0.717) is 38.3 Å². The van der Waals surface area contributed by atoms with Crippen molar-refractivity contribution in [1.82, 2.24) is 4.90 Å². The van der Waals surface area contributed by atoms with Crippen LogP contribution in [0.15, 0.2) is 12.1 Å². The van der Waals surface area contributed by atoms with E-state index in [4.69, 9.17) is 10.5 Å². The maximum Gasteiger partial charge on any atom is 0.194 e. The van der Waals surface area contributed by atoms with Crippen molar-refractivity contribution in [3.8, 4) is 0 Å². The van der Waals surface area contributed by atoms with E-state index in [2.05, 4.69) is 0 Å². The van der Waals surface area contributed by atoms with Gasteiger partial charge in [0.1, 0.15) is 0 Å². The third kappa shape index (κ3) is 3.01. The summed E-state index contributed by atoms with van der Waals surface area (Å²) in [4.78, 5) is 1.98. The molecule has 1 fully saturated rings. The highest BCUT2D eigenvalue weighted by Crippen LogP contribution is 2.16. The highest BCUT2D eigenvalue weighted by Gasteiger charge is 2.20. The van der Waals surface area contributed by atoms with Crippen LogP contribution in [-0.2, 0) is 11.3 Å². The number of rotatable bonds is 3. The zero-order chi connectivity index (χ0) is 13.1. The molecule has 0 aromatic heterocycles. The fourth-order valence-corrected chi connectivity index (χ4v) is 2.02. The average molecular weight is 260 g/mol. The molecule has 0 spiro atoms. The van der Waals surface area contributed by atoms with Gasteiger partial charge in [0.05, 0.1) is 12.7 Å². The van der Waals surface area contributed by atoms with Crippen molar-refractivity contribution in [3.63, 3.8) is 0 Å². The Hall–Kier alpha value is -1.11. The maximum atomic E-state index is 13.1. The molecule has 2 N–H and O–H groups in total. The second kappa shape index (κ2) is 5.69. The van der Waals surface area contributed by atoms with Crippen LogP contribution in [0.25, 0.3) is 0 Å². The SMILES string of the molecule is NCC1CN(Cc2cc(F)c(F)c(F)c2)CCO1. The van der Waals surface area contributed by atoms with Gasteiger partial charge in [0.15, 0.2) is 17.5 Å². The number of hydrogen-bond acceptors (Lipinski definition) is 3. The first-order valence-electron chi connectivity index (χ1n) is 5.77. The van der Waals surface area contributed by atoms with E-state index in [9.17, 15) is 13.2 Å². The van der Waals surface area contributed by atoms with Crippen molar-refractivity contribution in [2.45, 2.75) is 12.6 Å². The van der Waals surface area contributed by atoms with Crippen LogP contribution < -0.4 is 5.73 Å². The fraction of sp³-hybridized carbons (Fsp3) is 0.500. The van der Waals surface area contributed by atoms with Gasteiger partial charge in [0.25, 0.3) is 0 Å². The molecule has 1 unspecified atom stereocenters. The Bertz CT molecular complexity index is 405. The summed E-state index contributed by atoms with van der Waals surface area (Å²) in [5.74, 6) is -3.75. The van der Waals surface area contributed by atoms with Gasteiger partial charge in [-0.15, -0.1) is 0 Å². The molecule has 2 rings (SSSR count). The molecular weight excluding hydrogens is 245 g/mol. The van der Waals surface area contributed by atoms with Crippen LogP contribution in [0.2, 0.25) is 0 Å². The number of nitrogens with two attached hydrogens (primary N) is 1. The standard InChI is InChI=1S/C12H15F3N2O/c13-10-3-8(4-11(14)12(10)15)6-17-1-2-18-9(5-16)7-17/h3-4,9H,1-2,5-7,16H2. The lowest BCUT2D eigenvalue weighted by Crippen LogP contribution is -2.45. The van der Waals surface area contributed by atoms with E-state index >= 15 is 0 Å².